The summed E-state index contributed by atoms with van der Waals surface area (Å²) in [6.45, 7) is 0. The number of alkyl halides is 8. The highest BCUT2D eigenvalue weighted by Gasteiger charge is 2.41. The first-order chi connectivity index (χ1) is 9.34. The Morgan fingerprint density at radius 2 is 1.45 bits per heavy atom. The number of benzene rings is 1. The summed E-state index contributed by atoms with van der Waals surface area (Å²) in [4.78, 5) is 0. The largest absolute Gasteiger partial charge is 0.416 e. The summed E-state index contributed by atoms with van der Waals surface area (Å²) in [7, 11) is 0. The fourth-order valence-corrected chi connectivity index (χ4v) is 1.70. The van der Waals surface area contributed by atoms with Crippen LogP contribution in [-0.4, -0.2) is 6.43 Å². The van der Waals surface area contributed by atoms with Crippen LogP contribution in [0.25, 0.3) is 0 Å². The van der Waals surface area contributed by atoms with E-state index in [2.05, 4.69) is 0 Å². The Bertz CT molecular complexity index is 510. The quantitative estimate of drug-likeness (QED) is 0.758. The third-order valence-electron chi connectivity index (χ3n) is 2.57. The highest BCUT2D eigenvalue weighted by Crippen LogP contribution is 2.40. The molecule has 0 aromatic heterocycles. The Balaban J connectivity index is 0.00000441. The van der Waals surface area contributed by atoms with Crippen LogP contribution < -0.4 is 5.73 Å². The van der Waals surface area contributed by atoms with Crippen molar-refractivity contribution in [2.24, 2.45) is 5.73 Å². The van der Waals surface area contributed by atoms with Gasteiger partial charge in [0.05, 0.1) is 11.1 Å². The molecule has 1 rings (SSSR count). The van der Waals surface area contributed by atoms with Crippen LogP contribution in [0.4, 0.5) is 39.5 Å². The topological polar surface area (TPSA) is 26.0 Å². The lowest BCUT2D eigenvalue weighted by Gasteiger charge is -2.20. The Hall–Kier alpha value is -1.16. The molecule has 0 unspecified atom stereocenters. The maximum Gasteiger partial charge on any atom is 0.416 e. The first kappa shape index (κ1) is 20.8. The first-order valence-electron chi connectivity index (χ1n) is 5.35. The average Bonchev–Trinajstić information content (AvgIpc) is 2.23. The van der Waals surface area contributed by atoms with Gasteiger partial charge in [0, 0.05) is 18.0 Å². The second-order valence-corrected chi connectivity index (χ2v) is 4.15. The minimum absolute atomic E-state index is 0. The van der Waals surface area contributed by atoms with Gasteiger partial charge in [-0.25, -0.2) is 13.2 Å². The second-order valence-electron chi connectivity index (χ2n) is 4.15. The van der Waals surface area contributed by atoms with Crippen molar-refractivity contribution < 1.29 is 39.5 Å². The molecule has 0 amide bonds. The van der Waals surface area contributed by atoms with E-state index in [1.54, 1.807) is 0 Å². The second kappa shape index (κ2) is 6.95. The standard InChI is InChI=1S/C11H8F9N.ClH/c12-6-2-4(10(15,16)17)1-5(11(18,19)20)9(6)7(21)3-8(13)14;/h1-2,7-8H,3,21H2;1H/t7-;/m1./s1. The molecule has 128 valence electrons. The Morgan fingerprint density at radius 1 is 0.955 bits per heavy atom. The molecule has 0 fully saturated rings. The Kier molecular flexibility index (Phi) is 6.58. The van der Waals surface area contributed by atoms with Gasteiger partial charge >= 0.3 is 12.4 Å². The number of rotatable bonds is 3. The van der Waals surface area contributed by atoms with Crippen LogP contribution >= 0.6 is 12.4 Å². The molecule has 1 atom stereocenters. The van der Waals surface area contributed by atoms with E-state index in [-0.39, 0.29) is 24.5 Å². The molecule has 1 nitrogen and oxygen atoms in total. The zero-order chi connectivity index (χ0) is 16.6. The summed E-state index contributed by atoms with van der Waals surface area (Å²) in [5.41, 5.74) is -0.240. The summed E-state index contributed by atoms with van der Waals surface area (Å²) in [5.74, 6) is -1.93. The summed E-state index contributed by atoms with van der Waals surface area (Å²) in [6, 6.07) is -2.62. The molecule has 0 saturated carbocycles. The van der Waals surface area contributed by atoms with Crippen LogP contribution in [0.1, 0.15) is 29.2 Å². The molecule has 1 aromatic rings. The minimum atomic E-state index is -5.36. The van der Waals surface area contributed by atoms with Crippen molar-refractivity contribution in [3.63, 3.8) is 0 Å². The lowest BCUT2D eigenvalue weighted by Crippen LogP contribution is -2.22. The lowest BCUT2D eigenvalue weighted by molar-refractivity contribution is -0.144. The van der Waals surface area contributed by atoms with Crippen LogP contribution in [-0.2, 0) is 12.4 Å². The van der Waals surface area contributed by atoms with Gasteiger partial charge in [-0.2, -0.15) is 26.3 Å². The summed E-state index contributed by atoms with van der Waals surface area (Å²) in [5, 5.41) is 0. The Labute approximate surface area is 124 Å². The van der Waals surface area contributed by atoms with Crippen LogP contribution in [0.2, 0.25) is 0 Å². The molecule has 1 aromatic carbocycles. The van der Waals surface area contributed by atoms with Crippen LogP contribution in [0.5, 0.6) is 0 Å². The van der Waals surface area contributed by atoms with Gasteiger partial charge in [-0.3, -0.25) is 0 Å². The molecule has 0 radical (unpaired) electrons. The fourth-order valence-electron chi connectivity index (χ4n) is 1.70. The van der Waals surface area contributed by atoms with Gasteiger partial charge in [0.25, 0.3) is 0 Å². The maximum atomic E-state index is 13.5. The maximum absolute atomic E-state index is 13.5. The summed E-state index contributed by atoms with van der Waals surface area (Å²) in [6.07, 6.45) is -15.0. The molecule has 22 heavy (non-hydrogen) atoms. The Morgan fingerprint density at radius 3 is 1.82 bits per heavy atom. The highest BCUT2D eigenvalue weighted by molar-refractivity contribution is 5.85. The lowest BCUT2D eigenvalue weighted by atomic mass is 9.95. The molecule has 0 aliphatic rings. The van der Waals surface area contributed by atoms with Gasteiger partial charge in [-0.05, 0) is 12.1 Å². The molecule has 11 heteroatoms. The molecular formula is C11H9ClF9N. The number of halogens is 10. The minimum Gasteiger partial charge on any atom is -0.324 e. The summed E-state index contributed by atoms with van der Waals surface area (Å²) < 4.78 is 113. The van der Waals surface area contributed by atoms with E-state index in [1.165, 1.54) is 0 Å². The smallest absolute Gasteiger partial charge is 0.324 e. The molecule has 0 aliphatic carbocycles. The number of hydrogen-bond donors (Lipinski definition) is 1. The summed E-state index contributed by atoms with van der Waals surface area (Å²) >= 11 is 0. The van der Waals surface area contributed by atoms with E-state index in [1.807, 2.05) is 0 Å². The fraction of sp³-hybridized carbons (Fsp3) is 0.455. The SMILES string of the molecule is Cl.N[C@H](CC(F)F)c1c(F)cc(C(F)(F)F)cc1C(F)(F)F. The monoisotopic (exact) mass is 361 g/mol. The van der Waals surface area contributed by atoms with Crippen molar-refractivity contribution in [3.8, 4) is 0 Å². The number of hydrogen-bond acceptors (Lipinski definition) is 1. The van der Waals surface area contributed by atoms with Gasteiger partial charge in [0.1, 0.15) is 5.82 Å². The van der Waals surface area contributed by atoms with Crippen molar-refractivity contribution in [3.05, 3.63) is 34.6 Å². The van der Waals surface area contributed by atoms with Crippen molar-refractivity contribution in [1.29, 1.82) is 0 Å². The molecule has 2 N–H and O–H groups in total. The predicted molar refractivity (Wildman–Crippen MR) is 61.2 cm³/mol. The van der Waals surface area contributed by atoms with Crippen LogP contribution in [0.15, 0.2) is 12.1 Å². The zero-order valence-corrected chi connectivity index (χ0v) is 11.2. The predicted octanol–water partition coefficient (Wildman–Crippen LogP) is 4.94. The highest BCUT2D eigenvalue weighted by atomic mass is 35.5. The van der Waals surface area contributed by atoms with E-state index in [4.69, 9.17) is 5.73 Å². The molecule has 0 heterocycles. The van der Waals surface area contributed by atoms with Gasteiger partial charge in [0.15, 0.2) is 0 Å². The first-order valence-corrected chi connectivity index (χ1v) is 5.35. The average molecular weight is 362 g/mol. The third-order valence-corrected chi connectivity index (χ3v) is 2.57. The van der Waals surface area contributed by atoms with Crippen molar-refractivity contribution in [1.82, 2.24) is 0 Å². The van der Waals surface area contributed by atoms with Gasteiger partial charge in [-0.1, -0.05) is 0 Å². The molecular weight excluding hydrogens is 353 g/mol. The van der Waals surface area contributed by atoms with Gasteiger partial charge < -0.3 is 5.73 Å². The van der Waals surface area contributed by atoms with E-state index in [9.17, 15) is 39.5 Å². The van der Waals surface area contributed by atoms with E-state index in [0.29, 0.717) is 0 Å². The van der Waals surface area contributed by atoms with Crippen molar-refractivity contribution in [2.75, 3.05) is 0 Å². The van der Waals surface area contributed by atoms with E-state index in [0.717, 1.165) is 0 Å². The normalized spacial score (nSPS) is 14.0. The molecule has 0 saturated heterocycles. The third kappa shape index (κ3) is 4.94. The van der Waals surface area contributed by atoms with Gasteiger partial charge in [-0.15, -0.1) is 12.4 Å². The molecule has 0 spiro atoms. The molecule has 0 aliphatic heterocycles. The van der Waals surface area contributed by atoms with E-state index < -0.39 is 53.7 Å². The number of nitrogens with two attached hydrogens (primary N) is 1. The van der Waals surface area contributed by atoms with E-state index >= 15 is 0 Å². The zero-order valence-electron chi connectivity index (χ0n) is 10.4. The van der Waals surface area contributed by atoms with Crippen LogP contribution in [0, 0.1) is 5.82 Å². The van der Waals surface area contributed by atoms with Crippen molar-refractivity contribution >= 4 is 12.4 Å². The van der Waals surface area contributed by atoms with Gasteiger partial charge in [0.2, 0.25) is 6.43 Å². The van der Waals surface area contributed by atoms with Crippen molar-refractivity contribution in [2.45, 2.75) is 31.2 Å². The van der Waals surface area contributed by atoms with Crippen LogP contribution in [0.3, 0.4) is 0 Å². The molecule has 0 bridgehead atoms.